The van der Waals surface area contributed by atoms with Crippen LogP contribution in [0.1, 0.15) is 29.2 Å². The Kier molecular flexibility index (Phi) is 6.01. The SMILES string of the molecule is Cc1cc(CNC(=O)NCC(C(=O)O)C(C)C)sc1C. The molecule has 2 amide bonds. The van der Waals surface area contributed by atoms with Crippen molar-refractivity contribution in [2.75, 3.05) is 6.54 Å². The molecule has 0 aliphatic heterocycles. The fourth-order valence-corrected chi connectivity index (χ4v) is 2.77. The lowest BCUT2D eigenvalue weighted by Crippen LogP contribution is -2.40. The highest BCUT2D eigenvalue weighted by Gasteiger charge is 2.21. The van der Waals surface area contributed by atoms with Crippen LogP contribution in [-0.2, 0) is 11.3 Å². The third-order valence-corrected chi connectivity index (χ3v) is 4.40. The molecule has 0 aromatic carbocycles. The van der Waals surface area contributed by atoms with E-state index in [0.29, 0.717) is 6.54 Å². The van der Waals surface area contributed by atoms with Gasteiger partial charge in [-0.05, 0) is 31.4 Å². The minimum atomic E-state index is -0.884. The van der Waals surface area contributed by atoms with E-state index in [-0.39, 0.29) is 18.5 Å². The monoisotopic (exact) mass is 298 g/mol. The molecule has 0 radical (unpaired) electrons. The molecule has 0 saturated carbocycles. The van der Waals surface area contributed by atoms with Gasteiger partial charge in [0.05, 0.1) is 12.5 Å². The van der Waals surface area contributed by atoms with Crippen LogP contribution >= 0.6 is 11.3 Å². The highest BCUT2D eigenvalue weighted by atomic mass is 32.1. The van der Waals surface area contributed by atoms with E-state index in [1.165, 1.54) is 10.4 Å². The van der Waals surface area contributed by atoms with Gasteiger partial charge in [0, 0.05) is 16.3 Å². The predicted octanol–water partition coefficient (Wildman–Crippen LogP) is 2.52. The molecule has 3 N–H and O–H groups in total. The van der Waals surface area contributed by atoms with Crippen LogP contribution in [0, 0.1) is 25.7 Å². The van der Waals surface area contributed by atoms with E-state index in [2.05, 4.69) is 16.7 Å². The Morgan fingerprint density at radius 1 is 1.30 bits per heavy atom. The average Bonchev–Trinajstić information content (AvgIpc) is 2.65. The highest BCUT2D eigenvalue weighted by Crippen LogP contribution is 2.20. The van der Waals surface area contributed by atoms with Crippen LogP contribution in [0.4, 0.5) is 4.79 Å². The summed E-state index contributed by atoms with van der Waals surface area (Å²) >= 11 is 1.65. The fourth-order valence-electron chi connectivity index (χ4n) is 1.78. The summed E-state index contributed by atoms with van der Waals surface area (Å²) in [5.74, 6) is -1.47. The maximum absolute atomic E-state index is 11.6. The van der Waals surface area contributed by atoms with Gasteiger partial charge < -0.3 is 15.7 Å². The van der Waals surface area contributed by atoms with Gasteiger partial charge in [-0.3, -0.25) is 4.79 Å². The molecule has 112 valence electrons. The number of rotatable bonds is 6. The van der Waals surface area contributed by atoms with Gasteiger partial charge in [0.2, 0.25) is 0 Å². The van der Waals surface area contributed by atoms with E-state index in [1.54, 1.807) is 11.3 Å². The lowest BCUT2D eigenvalue weighted by atomic mass is 9.96. The van der Waals surface area contributed by atoms with Gasteiger partial charge in [-0.1, -0.05) is 13.8 Å². The molecule has 0 spiro atoms. The summed E-state index contributed by atoms with van der Waals surface area (Å²) in [6, 6.07) is 1.72. The van der Waals surface area contributed by atoms with E-state index in [9.17, 15) is 9.59 Å². The Morgan fingerprint density at radius 3 is 2.40 bits per heavy atom. The minimum absolute atomic E-state index is 0.0182. The number of amides is 2. The zero-order valence-corrected chi connectivity index (χ0v) is 13.1. The van der Waals surface area contributed by atoms with Crippen molar-refractivity contribution in [1.82, 2.24) is 10.6 Å². The summed E-state index contributed by atoms with van der Waals surface area (Å²) in [6.45, 7) is 8.34. The second kappa shape index (κ2) is 7.28. The van der Waals surface area contributed by atoms with Gasteiger partial charge in [0.15, 0.2) is 0 Å². The van der Waals surface area contributed by atoms with Crippen molar-refractivity contribution in [1.29, 1.82) is 0 Å². The first kappa shape index (κ1) is 16.5. The summed E-state index contributed by atoms with van der Waals surface area (Å²) < 4.78 is 0. The van der Waals surface area contributed by atoms with Crippen LogP contribution in [0.2, 0.25) is 0 Å². The Bertz CT molecular complexity index is 463. The van der Waals surface area contributed by atoms with E-state index in [1.807, 2.05) is 27.7 Å². The van der Waals surface area contributed by atoms with Crippen LogP contribution in [0.15, 0.2) is 6.07 Å². The van der Waals surface area contributed by atoms with E-state index in [0.717, 1.165) is 4.88 Å². The third kappa shape index (κ3) is 4.85. The first-order chi connectivity index (χ1) is 9.31. The van der Waals surface area contributed by atoms with Crippen molar-refractivity contribution in [2.45, 2.75) is 34.2 Å². The zero-order valence-electron chi connectivity index (χ0n) is 12.3. The largest absolute Gasteiger partial charge is 0.481 e. The van der Waals surface area contributed by atoms with Gasteiger partial charge in [-0.25, -0.2) is 4.79 Å². The van der Waals surface area contributed by atoms with E-state index in [4.69, 9.17) is 5.11 Å². The molecule has 1 rings (SSSR count). The Hall–Kier alpha value is -1.56. The number of hydrogen-bond acceptors (Lipinski definition) is 3. The van der Waals surface area contributed by atoms with Crippen LogP contribution in [0.5, 0.6) is 0 Å². The van der Waals surface area contributed by atoms with Crippen molar-refractivity contribution < 1.29 is 14.7 Å². The van der Waals surface area contributed by atoms with Gasteiger partial charge in [0.25, 0.3) is 0 Å². The number of aliphatic carboxylic acids is 1. The summed E-state index contributed by atoms with van der Waals surface area (Å²) in [5.41, 5.74) is 1.22. The summed E-state index contributed by atoms with van der Waals surface area (Å²) in [7, 11) is 0. The van der Waals surface area contributed by atoms with E-state index < -0.39 is 11.9 Å². The molecule has 1 heterocycles. The fraction of sp³-hybridized carbons (Fsp3) is 0.571. The minimum Gasteiger partial charge on any atom is -0.481 e. The number of aryl methyl sites for hydroxylation is 2. The number of carbonyl (C=O) groups is 2. The first-order valence-corrected chi connectivity index (χ1v) is 7.43. The smallest absolute Gasteiger partial charge is 0.315 e. The molecule has 20 heavy (non-hydrogen) atoms. The number of carbonyl (C=O) groups excluding carboxylic acids is 1. The maximum atomic E-state index is 11.6. The molecule has 1 aromatic heterocycles. The number of hydrogen-bond donors (Lipinski definition) is 3. The average molecular weight is 298 g/mol. The molecule has 1 unspecified atom stereocenters. The Morgan fingerprint density at radius 2 is 1.95 bits per heavy atom. The van der Waals surface area contributed by atoms with Gasteiger partial charge in [0.1, 0.15) is 0 Å². The quantitative estimate of drug-likeness (QED) is 0.755. The van der Waals surface area contributed by atoms with Crippen molar-refractivity contribution >= 4 is 23.3 Å². The lowest BCUT2D eigenvalue weighted by molar-refractivity contribution is -0.142. The zero-order chi connectivity index (χ0) is 15.3. The molecule has 0 bridgehead atoms. The Labute approximate surface area is 123 Å². The summed E-state index contributed by atoms with van der Waals surface area (Å²) in [4.78, 5) is 25.0. The standard InChI is InChI=1S/C14H22N2O3S/c1-8(2)12(13(17)18)7-16-14(19)15-6-11-5-9(3)10(4)20-11/h5,8,12H,6-7H2,1-4H3,(H,17,18)(H2,15,16,19). The van der Waals surface area contributed by atoms with Crippen LogP contribution < -0.4 is 10.6 Å². The van der Waals surface area contributed by atoms with Gasteiger partial charge >= 0.3 is 12.0 Å². The molecule has 0 saturated heterocycles. The Balaban J connectivity index is 2.38. The van der Waals surface area contributed by atoms with Crippen molar-refractivity contribution in [2.24, 2.45) is 11.8 Å². The molecule has 5 nitrogen and oxygen atoms in total. The number of carboxylic acid groups (broad SMARTS) is 1. The molecule has 1 atom stereocenters. The number of nitrogens with one attached hydrogen (secondary N) is 2. The van der Waals surface area contributed by atoms with Crippen molar-refractivity contribution in [3.05, 3.63) is 21.4 Å². The number of thiophene rings is 1. The molecule has 1 aromatic rings. The van der Waals surface area contributed by atoms with Gasteiger partial charge in [-0.15, -0.1) is 11.3 Å². The molecule has 6 heteroatoms. The summed E-state index contributed by atoms with van der Waals surface area (Å²) in [5, 5.41) is 14.4. The van der Waals surface area contributed by atoms with Crippen LogP contribution in [-0.4, -0.2) is 23.7 Å². The summed E-state index contributed by atoms with van der Waals surface area (Å²) in [6.07, 6.45) is 0. The topological polar surface area (TPSA) is 78.4 Å². The second-order valence-corrected chi connectivity index (χ2v) is 6.55. The van der Waals surface area contributed by atoms with Crippen molar-refractivity contribution in [3.63, 3.8) is 0 Å². The molecular weight excluding hydrogens is 276 g/mol. The number of urea groups is 1. The molecule has 0 aliphatic rings. The van der Waals surface area contributed by atoms with Crippen LogP contribution in [0.3, 0.4) is 0 Å². The van der Waals surface area contributed by atoms with Gasteiger partial charge in [-0.2, -0.15) is 0 Å². The second-order valence-electron chi connectivity index (χ2n) is 5.20. The third-order valence-electron chi connectivity index (χ3n) is 3.24. The first-order valence-electron chi connectivity index (χ1n) is 6.61. The lowest BCUT2D eigenvalue weighted by Gasteiger charge is -2.16. The number of carboxylic acids is 1. The van der Waals surface area contributed by atoms with E-state index >= 15 is 0 Å². The predicted molar refractivity (Wildman–Crippen MR) is 80.0 cm³/mol. The highest BCUT2D eigenvalue weighted by molar-refractivity contribution is 7.12. The normalized spacial score (nSPS) is 12.2. The molecule has 0 fully saturated rings. The molecule has 0 aliphatic carbocycles. The van der Waals surface area contributed by atoms with Crippen molar-refractivity contribution in [3.8, 4) is 0 Å². The maximum Gasteiger partial charge on any atom is 0.315 e. The van der Waals surface area contributed by atoms with Crippen LogP contribution in [0.25, 0.3) is 0 Å². The molecular formula is C14H22N2O3S.